The number of nitrogens with zero attached hydrogens (tertiary/aromatic N) is 1. The lowest BCUT2D eigenvalue weighted by Gasteiger charge is -2.06. The van der Waals surface area contributed by atoms with Crippen molar-refractivity contribution in [3.05, 3.63) is 94.4 Å². The Morgan fingerprint density at radius 3 is 1.89 bits per heavy atom. The number of benzene rings is 3. The van der Waals surface area contributed by atoms with Crippen LogP contribution in [-0.4, -0.2) is 54.1 Å². The second-order valence-electron chi connectivity index (χ2n) is 10.2. The van der Waals surface area contributed by atoms with Crippen molar-refractivity contribution < 1.29 is 24.7 Å². The van der Waals surface area contributed by atoms with Crippen LogP contribution in [0.3, 0.4) is 0 Å². The zero-order valence-corrected chi connectivity index (χ0v) is 23.9. The number of aliphatic carboxylic acids is 2. The van der Waals surface area contributed by atoms with E-state index in [1.54, 1.807) is 12.3 Å². The number of nitro groups is 1. The molecule has 0 bridgehead atoms. The summed E-state index contributed by atoms with van der Waals surface area (Å²) in [5.74, 6) is -2.15. The average molecular weight is 616 g/mol. The normalized spacial score (nSPS) is 12.1. The van der Waals surface area contributed by atoms with E-state index in [1.807, 2.05) is 42.6 Å². The van der Waals surface area contributed by atoms with Gasteiger partial charge in [-0.1, -0.05) is 12.1 Å². The van der Waals surface area contributed by atoms with Gasteiger partial charge in [-0.05, 0) is 47.5 Å². The second-order valence-corrected chi connectivity index (χ2v) is 10.2. The molecule has 15 heteroatoms. The highest BCUT2D eigenvalue weighted by molar-refractivity contribution is 5.99. The van der Waals surface area contributed by atoms with Gasteiger partial charge in [0.2, 0.25) is 0 Å². The van der Waals surface area contributed by atoms with E-state index in [4.69, 9.17) is 38.9 Å². The maximum absolute atomic E-state index is 10.9. The Morgan fingerprint density at radius 1 is 0.733 bits per heavy atom. The third-order valence-corrected chi connectivity index (χ3v) is 7.09. The van der Waals surface area contributed by atoms with Crippen LogP contribution in [0.15, 0.2) is 73.2 Å². The van der Waals surface area contributed by atoms with Crippen molar-refractivity contribution in [3.8, 4) is 0 Å². The molecule has 15 nitrogen and oxygen atoms in total. The Kier molecular flexibility index (Phi) is 9.56. The molecular formula is C30H33N9O6. The number of carbonyl (C=O) groups is 2. The number of H-pyrrole nitrogens is 3. The van der Waals surface area contributed by atoms with Gasteiger partial charge in [-0.2, -0.15) is 0 Å². The van der Waals surface area contributed by atoms with Gasteiger partial charge in [-0.15, -0.1) is 0 Å². The molecule has 0 radical (unpaired) electrons. The molecule has 3 aromatic heterocycles. The standard InChI is InChI=1S/C11H12N4O4.C11H13N3O2.C8H8N2/c12-6-1-2-8(15(18)19)10-9(6)5(4-14-10)3-7(13)11(16)17;12-7-2-1-3-9-10(7)6(5-14-9)4-8(13)11(15)16;9-7-2-1-3-8-6(7)4-5-10-8/h1-2,4,7,14H,3,12-13H2,(H,16,17);1-3,5,8,14H,4,12-13H2,(H,15,16);1-5,10H,9H2. The molecule has 6 aromatic rings. The fourth-order valence-electron chi connectivity index (χ4n) is 4.85. The largest absolute Gasteiger partial charge is 0.480 e. The van der Waals surface area contributed by atoms with E-state index in [0.29, 0.717) is 22.3 Å². The van der Waals surface area contributed by atoms with Crippen LogP contribution >= 0.6 is 0 Å². The summed E-state index contributed by atoms with van der Waals surface area (Å²) in [5, 5.41) is 30.8. The number of nitrogen functional groups attached to an aromatic ring is 3. The molecule has 3 heterocycles. The van der Waals surface area contributed by atoms with Crippen molar-refractivity contribution >= 4 is 67.4 Å². The number of non-ortho nitro benzene ring substituents is 1. The third-order valence-electron chi connectivity index (χ3n) is 7.09. The summed E-state index contributed by atoms with van der Waals surface area (Å²) in [7, 11) is 0. The highest BCUT2D eigenvalue weighted by Gasteiger charge is 2.21. The molecule has 0 amide bonds. The van der Waals surface area contributed by atoms with Crippen molar-refractivity contribution in [2.45, 2.75) is 24.9 Å². The first-order valence-corrected chi connectivity index (χ1v) is 13.5. The third kappa shape index (κ3) is 7.12. The first-order valence-electron chi connectivity index (χ1n) is 13.5. The Hall–Kier alpha value is -6.06. The summed E-state index contributed by atoms with van der Waals surface area (Å²) in [6.07, 6.45) is 5.45. The van der Waals surface area contributed by atoms with Crippen LogP contribution in [0.4, 0.5) is 22.7 Å². The summed E-state index contributed by atoms with van der Waals surface area (Å²) < 4.78 is 0. The molecule has 0 aliphatic heterocycles. The van der Waals surface area contributed by atoms with Gasteiger partial charge in [0, 0.05) is 81.8 Å². The highest BCUT2D eigenvalue weighted by Crippen LogP contribution is 2.32. The Bertz CT molecular complexity index is 1990. The number of nitrogens with two attached hydrogens (primary N) is 5. The first kappa shape index (κ1) is 31.9. The molecule has 234 valence electrons. The van der Waals surface area contributed by atoms with E-state index in [0.717, 1.165) is 33.1 Å². The molecule has 0 saturated carbocycles. The lowest BCUT2D eigenvalue weighted by Crippen LogP contribution is -2.32. The number of anilines is 3. The van der Waals surface area contributed by atoms with Crippen LogP contribution in [-0.2, 0) is 22.4 Å². The van der Waals surface area contributed by atoms with Gasteiger partial charge in [0.1, 0.15) is 17.6 Å². The molecule has 0 spiro atoms. The van der Waals surface area contributed by atoms with Crippen molar-refractivity contribution in [1.29, 1.82) is 0 Å². The van der Waals surface area contributed by atoms with Gasteiger partial charge < -0.3 is 53.8 Å². The number of fused-ring (bicyclic) bond motifs is 3. The van der Waals surface area contributed by atoms with Crippen LogP contribution in [0, 0.1) is 10.1 Å². The van der Waals surface area contributed by atoms with Crippen molar-refractivity contribution in [2.24, 2.45) is 11.5 Å². The van der Waals surface area contributed by atoms with Crippen LogP contribution < -0.4 is 28.7 Å². The lowest BCUT2D eigenvalue weighted by molar-refractivity contribution is -0.383. The Labute approximate surface area is 255 Å². The van der Waals surface area contributed by atoms with E-state index in [2.05, 4.69) is 15.0 Å². The number of hydrogen-bond donors (Lipinski definition) is 10. The molecule has 3 aromatic carbocycles. The Balaban J connectivity index is 0.000000160. The molecule has 6 rings (SSSR count). The number of carboxylic acid groups (broad SMARTS) is 2. The van der Waals surface area contributed by atoms with Gasteiger partial charge in [0.25, 0.3) is 5.69 Å². The zero-order valence-electron chi connectivity index (χ0n) is 23.9. The number of rotatable bonds is 7. The highest BCUT2D eigenvalue weighted by atomic mass is 16.6. The minimum Gasteiger partial charge on any atom is -0.480 e. The van der Waals surface area contributed by atoms with E-state index < -0.39 is 28.9 Å². The fraction of sp³-hybridized carbons (Fsp3) is 0.133. The smallest absolute Gasteiger partial charge is 0.320 e. The van der Waals surface area contributed by atoms with Gasteiger partial charge in [-0.3, -0.25) is 19.7 Å². The molecule has 2 unspecified atom stereocenters. The van der Waals surface area contributed by atoms with Crippen molar-refractivity contribution in [3.63, 3.8) is 0 Å². The second kappa shape index (κ2) is 13.5. The quantitative estimate of drug-likeness (QED) is 0.0706. The van der Waals surface area contributed by atoms with Gasteiger partial charge in [0.05, 0.1) is 4.92 Å². The number of aromatic nitrogens is 3. The summed E-state index contributed by atoms with van der Waals surface area (Å²) in [4.78, 5) is 40.7. The molecule has 0 aliphatic rings. The van der Waals surface area contributed by atoms with Crippen LogP contribution in [0.2, 0.25) is 0 Å². The number of carboxylic acids is 2. The SMILES string of the molecule is Nc1ccc([N+](=O)[O-])c2[nH]cc(CC(N)C(=O)O)c12.Nc1cccc2[nH]cc(CC(N)C(=O)O)c12.Nc1cccc2[nH]ccc12. The van der Waals surface area contributed by atoms with E-state index >= 15 is 0 Å². The van der Waals surface area contributed by atoms with E-state index in [1.165, 1.54) is 18.3 Å². The van der Waals surface area contributed by atoms with E-state index in [-0.39, 0.29) is 24.0 Å². The van der Waals surface area contributed by atoms with Crippen LogP contribution in [0.5, 0.6) is 0 Å². The first-order chi connectivity index (χ1) is 21.4. The number of nitrogens with one attached hydrogen (secondary N) is 3. The molecule has 2 atom stereocenters. The minimum atomic E-state index is -1.14. The monoisotopic (exact) mass is 615 g/mol. The molecule has 0 aliphatic carbocycles. The Morgan fingerprint density at radius 2 is 1.29 bits per heavy atom. The van der Waals surface area contributed by atoms with E-state index in [9.17, 15) is 19.7 Å². The van der Waals surface area contributed by atoms with Crippen molar-refractivity contribution in [2.75, 3.05) is 17.2 Å². The molecule has 15 N–H and O–H groups in total. The lowest BCUT2D eigenvalue weighted by atomic mass is 10.0. The summed E-state index contributed by atoms with van der Waals surface area (Å²) in [5.41, 5.74) is 33.6. The predicted molar refractivity (Wildman–Crippen MR) is 173 cm³/mol. The van der Waals surface area contributed by atoms with Crippen LogP contribution in [0.25, 0.3) is 32.7 Å². The topological polar surface area (TPSA) is 295 Å². The average Bonchev–Trinajstić information content (AvgIpc) is 3.74. The zero-order chi connectivity index (χ0) is 32.8. The summed E-state index contributed by atoms with van der Waals surface area (Å²) in [6.45, 7) is 0. The summed E-state index contributed by atoms with van der Waals surface area (Å²) >= 11 is 0. The van der Waals surface area contributed by atoms with Gasteiger partial charge in [-0.25, -0.2) is 0 Å². The number of nitro benzene ring substituents is 1. The fourth-order valence-corrected chi connectivity index (χ4v) is 4.85. The minimum absolute atomic E-state index is 0.0424. The maximum atomic E-state index is 10.9. The van der Waals surface area contributed by atoms with Crippen LogP contribution in [0.1, 0.15) is 11.1 Å². The van der Waals surface area contributed by atoms with Gasteiger partial charge >= 0.3 is 11.9 Å². The molecule has 0 fully saturated rings. The van der Waals surface area contributed by atoms with Gasteiger partial charge in [0.15, 0.2) is 0 Å². The van der Waals surface area contributed by atoms with Crippen molar-refractivity contribution in [1.82, 2.24) is 15.0 Å². The number of aromatic amines is 3. The predicted octanol–water partition coefficient (Wildman–Crippen LogP) is 3.07. The molecule has 45 heavy (non-hydrogen) atoms. The summed E-state index contributed by atoms with van der Waals surface area (Å²) in [6, 6.07) is 14.1. The molecular weight excluding hydrogens is 582 g/mol. The molecule has 0 saturated heterocycles. The maximum Gasteiger partial charge on any atom is 0.320 e. The number of hydrogen-bond acceptors (Lipinski definition) is 9.